The number of carboxylic acids is 1. The standard InChI is InChI=1S/C16H13N5O4/c1-9-6-7-11(21(24)25)8-12(9)18-19-15-14(16(22)23)17-13-5-3-4-10(2)20(13)15/h3-8H,1-2H3,(H,22,23). The molecule has 0 fully saturated rings. The van der Waals surface area contributed by atoms with Crippen LogP contribution < -0.4 is 0 Å². The second kappa shape index (κ2) is 6.11. The second-order valence-electron chi connectivity index (χ2n) is 5.38. The first-order valence-electron chi connectivity index (χ1n) is 7.26. The van der Waals surface area contributed by atoms with Crippen LogP contribution in [0.25, 0.3) is 5.65 Å². The molecule has 0 atom stereocenters. The topological polar surface area (TPSA) is 122 Å². The molecule has 0 spiro atoms. The lowest BCUT2D eigenvalue weighted by Crippen LogP contribution is -1.97. The Morgan fingerprint density at radius 2 is 2.00 bits per heavy atom. The van der Waals surface area contributed by atoms with Crippen LogP contribution >= 0.6 is 0 Å². The van der Waals surface area contributed by atoms with E-state index < -0.39 is 10.9 Å². The van der Waals surface area contributed by atoms with Crippen molar-refractivity contribution in [1.82, 2.24) is 9.38 Å². The molecule has 0 saturated carbocycles. The number of hydrogen-bond acceptors (Lipinski definition) is 6. The van der Waals surface area contributed by atoms with Gasteiger partial charge in [-0.15, -0.1) is 10.2 Å². The molecule has 0 saturated heterocycles. The molecule has 0 aliphatic heterocycles. The van der Waals surface area contributed by atoms with Gasteiger partial charge in [0.25, 0.3) is 5.69 Å². The third-order valence-electron chi connectivity index (χ3n) is 3.67. The number of aromatic carboxylic acids is 1. The first-order valence-corrected chi connectivity index (χ1v) is 7.26. The molecule has 0 aliphatic carbocycles. The van der Waals surface area contributed by atoms with E-state index in [-0.39, 0.29) is 22.9 Å². The number of non-ortho nitro benzene ring substituents is 1. The Kier molecular flexibility index (Phi) is 3.97. The minimum absolute atomic E-state index is 0.0616. The van der Waals surface area contributed by atoms with Gasteiger partial charge in [0.15, 0.2) is 11.5 Å². The molecule has 0 bridgehead atoms. The van der Waals surface area contributed by atoms with E-state index in [4.69, 9.17) is 0 Å². The van der Waals surface area contributed by atoms with Gasteiger partial charge in [0, 0.05) is 17.8 Å². The highest BCUT2D eigenvalue weighted by atomic mass is 16.6. The Morgan fingerprint density at radius 3 is 2.68 bits per heavy atom. The summed E-state index contributed by atoms with van der Waals surface area (Å²) < 4.78 is 1.57. The van der Waals surface area contributed by atoms with Crippen LogP contribution in [-0.2, 0) is 0 Å². The largest absolute Gasteiger partial charge is 0.476 e. The molecule has 25 heavy (non-hydrogen) atoms. The average Bonchev–Trinajstić information content (AvgIpc) is 2.94. The first-order chi connectivity index (χ1) is 11.9. The zero-order valence-electron chi connectivity index (χ0n) is 13.4. The van der Waals surface area contributed by atoms with Crippen molar-refractivity contribution in [1.29, 1.82) is 0 Å². The first kappa shape index (κ1) is 16.2. The number of benzene rings is 1. The average molecular weight is 339 g/mol. The Bertz CT molecular complexity index is 1040. The molecule has 1 aromatic carbocycles. The monoisotopic (exact) mass is 339 g/mol. The van der Waals surface area contributed by atoms with Gasteiger partial charge in [-0.2, -0.15) is 0 Å². The maximum absolute atomic E-state index is 11.5. The summed E-state index contributed by atoms with van der Waals surface area (Å²) in [7, 11) is 0. The fourth-order valence-corrected chi connectivity index (χ4v) is 2.39. The van der Waals surface area contributed by atoms with E-state index in [0.717, 1.165) is 5.69 Å². The number of azo groups is 1. The molecule has 0 amide bonds. The Labute approximate surface area is 141 Å². The van der Waals surface area contributed by atoms with Gasteiger partial charge in [-0.25, -0.2) is 9.78 Å². The van der Waals surface area contributed by atoms with E-state index in [1.807, 2.05) is 0 Å². The SMILES string of the molecule is Cc1ccc([N+](=O)[O-])cc1N=Nc1c(C(=O)O)nc2cccc(C)n12. The molecule has 2 heterocycles. The number of aryl methyl sites for hydroxylation is 2. The number of hydrogen-bond donors (Lipinski definition) is 1. The highest BCUT2D eigenvalue weighted by Gasteiger charge is 2.19. The van der Waals surface area contributed by atoms with E-state index in [1.165, 1.54) is 12.1 Å². The summed E-state index contributed by atoms with van der Waals surface area (Å²) >= 11 is 0. The van der Waals surface area contributed by atoms with Gasteiger partial charge in [-0.05, 0) is 31.5 Å². The summed E-state index contributed by atoms with van der Waals surface area (Å²) in [4.78, 5) is 25.9. The van der Waals surface area contributed by atoms with E-state index in [9.17, 15) is 20.0 Å². The molecule has 126 valence electrons. The highest BCUT2D eigenvalue weighted by molar-refractivity contribution is 5.91. The summed E-state index contributed by atoms with van der Waals surface area (Å²) in [5.74, 6) is -1.17. The van der Waals surface area contributed by atoms with Gasteiger partial charge in [0.05, 0.1) is 10.6 Å². The molecule has 9 heteroatoms. The Morgan fingerprint density at radius 1 is 1.24 bits per heavy atom. The lowest BCUT2D eigenvalue weighted by atomic mass is 10.2. The molecular weight excluding hydrogens is 326 g/mol. The van der Waals surface area contributed by atoms with E-state index >= 15 is 0 Å². The molecule has 2 aromatic heterocycles. The number of nitro groups is 1. The normalized spacial score (nSPS) is 11.3. The van der Waals surface area contributed by atoms with Gasteiger partial charge < -0.3 is 5.11 Å². The Hall–Kier alpha value is -3.62. The lowest BCUT2D eigenvalue weighted by molar-refractivity contribution is -0.384. The van der Waals surface area contributed by atoms with Crippen molar-refractivity contribution in [2.75, 3.05) is 0 Å². The molecule has 0 unspecified atom stereocenters. The second-order valence-corrected chi connectivity index (χ2v) is 5.38. The molecule has 3 rings (SSSR count). The maximum atomic E-state index is 11.5. The predicted octanol–water partition coefficient (Wildman–Crippen LogP) is 3.97. The summed E-state index contributed by atoms with van der Waals surface area (Å²) in [5.41, 5.74) is 1.78. The van der Waals surface area contributed by atoms with Crippen LogP contribution in [0, 0.1) is 24.0 Å². The van der Waals surface area contributed by atoms with Gasteiger partial charge >= 0.3 is 5.97 Å². The molecular formula is C16H13N5O4. The summed E-state index contributed by atoms with van der Waals surface area (Å²) in [6.07, 6.45) is 0. The maximum Gasteiger partial charge on any atom is 0.358 e. The predicted molar refractivity (Wildman–Crippen MR) is 88.9 cm³/mol. The summed E-state index contributed by atoms with van der Waals surface area (Å²) in [6.45, 7) is 3.52. The molecule has 1 N–H and O–H groups in total. The van der Waals surface area contributed by atoms with Gasteiger partial charge in [0.1, 0.15) is 5.65 Å². The number of carboxylic acid groups (broad SMARTS) is 1. The van der Waals surface area contributed by atoms with Crippen molar-refractivity contribution in [3.05, 3.63) is 63.5 Å². The third-order valence-corrected chi connectivity index (χ3v) is 3.67. The smallest absolute Gasteiger partial charge is 0.358 e. The number of fused-ring (bicyclic) bond motifs is 1. The molecule has 0 radical (unpaired) electrons. The van der Waals surface area contributed by atoms with Crippen LogP contribution in [0.3, 0.4) is 0 Å². The van der Waals surface area contributed by atoms with Gasteiger partial charge in [-0.3, -0.25) is 14.5 Å². The number of pyridine rings is 1. The number of aromatic nitrogens is 2. The number of nitrogens with zero attached hydrogens (tertiary/aromatic N) is 5. The van der Waals surface area contributed by atoms with Gasteiger partial charge in [-0.1, -0.05) is 12.1 Å². The number of nitro benzene ring substituents is 1. The minimum Gasteiger partial charge on any atom is -0.476 e. The van der Waals surface area contributed by atoms with E-state index in [2.05, 4.69) is 15.2 Å². The fourth-order valence-electron chi connectivity index (χ4n) is 2.39. The third kappa shape index (κ3) is 2.94. The van der Waals surface area contributed by atoms with Gasteiger partial charge in [0.2, 0.25) is 0 Å². The van der Waals surface area contributed by atoms with Crippen LogP contribution in [0.2, 0.25) is 0 Å². The summed E-state index contributed by atoms with van der Waals surface area (Å²) in [6, 6.07) is 9.43. The van der Waals surface area contributed by atoms with Crippen LogP contribution in [0.15, 0.2) is 46.6 Å². The molecule has 9 nitrogen and oxygen atoms in total. The van der Waals surface area contributed by atoms with Crippen molar-refractivity contribution >= 4 is 28.8 Å². The van der Waals surface area contributed by atoms with E-state index in [0.29, 0.717) is 11.2 Å². The van der Waals surface area contributed by atoms with Crippen molar-refractivity contribution in [3.63, 3.8) is 0 Å². The zero-order chi connectivity index (χ0) is 18.1. The van der Waals surface area contributed by atoms with Crippen molar-refractivity contribution in [2.45, 2.75) is 13.8 Å². The van der Waals surface area contributed by atoms with E-state index in [1.54, 1.807) is 42.5 Å². The van der Waals surface area contributed by atoms with Crippen LogP contribution in [0.1, 0.15) is 21.7 Å². The fraction of sp³-hybridized carbons (Fsp3) is 0.125. The molecule has 3 aromatic rings. The quantitative estimate of drug-likeness (QED) is 0.437. The minimum atomic E-state index is -1.23. The van der Waals surface area contributed by atoms with Crippen LogP contribution in [0.5, 0.6) is 0 Å². The number of carbonyl (C=O) groups is 1. The van der Waals surface area contributed by atoms with Crippen LogP contribution in [-0.4, -0.2) is 25.4 Å². The van der Waals surface area contributed by atoms with Crippen molar-refractivity contribution < 1.29 is 14.8 Å². The number of rotatable bonds is 4. The van der Waals surface area contributed by atoms with Crippen molar-refractivity contribution in [2.24, 2.45) is 10.2 Å². The molecule has 0 aliphatic rings. The van der Waals surface area contributed by atoms with Crippen molar-refractivity contribution in [3.8, 4) is 0 Å². The summed E-state index contributed by atoms with van der Waals surface area (Å²) in [5, 5.41) is 28.3. The highest BCUT2D eigenvalue weighted by Crippen LogP contribution is 2.29. The zero-order valence-corrected chi connectivity index (χ0v) is 13.4. The lowest BCUT2D eigenvalue weighted by Gasteiger charge is -2.02. The Balaban J connectivity index is 2.16. The number of imidazole rings is 1. The van der Waals surface area contributed by atoms with Crippen LogP contribution in [0.4, 0.5) is 17.2 Å².